The molecule has 2 rings (SSSR count). The van der Waals surface area contributed by atoms with Gasteiger partial charge in [0.2, 0.25) is 0 Å². The molecule has 0 amide bonds. The molecule has 0 fully saturated rings. The van der Waals surface area contributed by atoms with Crippen LogP contribution in [0.2, 0.25) is 0 Å². The number of nitrogens with zero attached hydrogens (tertiary/aromatic N) is 1. The predicted molar refractivity (Wildman–Crippen MR) is 68.1 cm³/mol. The van der Waals surface area contributed by atoms with Gasteiger partial charge in [0, 0.05) is 16.4 Å². The van der Waals surface area contributed by atoms with Crippen LogP contribution in [0.15, 0.2) is 28.9 Å². The Morgan fingerprint density at radius 2 is 2.07 bits per heavy atom. The van der Waals surface area contributed by atoms with E-state index in [1.165, 1.54) is 5.56 Å². The molecule has 0 aliphatic rings. The average Bonchev–Trinajstić information content (AvgIpc) is 2.50. The van der Waals surface area contributed by atoms with Gasteiger partial charge in [-0.3, -0.25) is 4.57 Å². The normalized spacial score (nSPS) is 10.6. The first-order valence-electron chi connectivity index (χ1n) is 4.63. The Labute approximate surface area is 102 Å². The highest BCUT2D eigenvalue weighted by molar-refractivity contribution is 9.10. The van der Waals surface area contributed by atoms with E-state index in [-0.39, 0.29) is 0 Å². The molecule has 0 spiro atoms. The van der Waals surface area contributed by atoms with Crippen molar-refractivity contribution in [2.45, 2.75) is 13.8 Å². The molecule has 0 aliphatic carbocycles. The van der Waals surface area contributed by atoms with E-state index in [4.69, 9.17) is 12.2 Å². The number of nitrogens with one attached hydrogen (secondary N) is 1. The number of H-pyrrole nitrogens is 1. The molecule has 1 heterocycles. The van der Waals surface area contributed by atoms with Gasteiger partial charge >= 0.3 is 0 Å². The predicted octanol–water partition coefficient (Wildman–Crippen LogP) is 3.91. The van der Waals surface area contributed by atoms with Gasteiger partial charge in [-0.1, -0.05) is 12.1 Å². The molecular formula is C11H11BrN2S. The van der Waals surface area contributed by atoms with Crippen LogP contribution in [-0.4, -0.2) is 9.55 Å². The van der Waals surface area contributed by atoms with Crippen molar-refractivity contribution >= 4 is 28.1 Å². The summed E-state index contributed by atoms with van der Waals surface area (Å²) in [5, 5.41) is 0. The molecule has 2 nitrogen and oxygen atoms in total. The zero-order valence-electron chi connectivity index (χ0n) is 8.54. The molecule has 0 saturated carbocycles. The average molecular weight is 283 g/mol. The summed E-state index contributed by atoms with van der Waals surface area (Å²) in [6, 6.07) is 6.14. The molecule has 78 valence electrons. The van der Waals surface area contributed by atoms with E-state index >= 15 is 0 Å². The summed E-state index contributed by atoms with van der Waals surface area (Å²) in [7, 11) is 0. The van der Waals surface area contributed by atoms with Gasteiger partial charge in [0.1, 0.15) is 0 Å². The van der Waals surface area contributed by atoms with Gasteiger partial charge in [0.25, 0.3) is 0 Å². The molecule has 0 bridgehead atoms. The summed E-state index contributed by atoms with van der Waals surface area (Å²) >= 11 is 8.82. The van der Waals surface area contributed by atoms with Crippen molar-refractivity contribution in [1.29, 1.82) is 0 Å². The van der Waals surface area contributed by atoms with E-state index < -0.39 is 0 Å². The molecule has 0 atom stereocenters. The van der Waals surface area contributed by atoms with Crippen LogP contribution in [0.25, 0.3) is 5.69 Å². The van der Waals surface area contributed by atoms with Crippen LogP contribution < -0.4 is 0 Å². The fourth-order valence-electron chi connectivity index (χ4n) is 1.51. The first-order valence-corrected chi connectivity index (χ1v) is 5.83. The number of rotatable bonds is 1. The van der Waals surface area contributed by atoms with Gasteiger partial charge in [-0.15, -0.1) is 0 Å². The molecule has 4 heteroatoms. The number of halogens is 1. The molecule has 1 aromatic carbocycles. The number of hydrogen-bond acceptors (Lipinski definition) is 1. The van der Waals surface area contributed by atoms with Crippen molar-refractivity contribution in [3.05, 3.63) is 44.9 Å². The van der Waals surface area contributed by atoms with E-state index in [1.54, 1.807) is 0 Å². The van der Waals surface area contributed by atoms with Crippen molar-refractivity contribution < 1.29 is 0 Å². The molecule has 0 saturated heterocycles. The second-order valence-corrected chi connectivity index (χ2v) is 4.70. The summed E-state index contributed by atoms with van der Waals surface area (Å²) in [6.45, 7) is 4.06. The summed E-state index contributed by atoms with van der Waals surface area (Å²) in [4.78, 5) is 3.11. The highest BCUT2D eigenvalue weighted by Gasteiger charge is 2.05. The van der Waals surface area contributed by atoms with Gasteiger partial charge < -0.3 is 4.98 Å². The lowest BCUT2D eigenvalue weighted by molar-refractivity contribution is 1.02. The van der Waals surface area contributed by atoms with Crippen LogP contribution in [0.1, 0.15) is 11.3 Å². The Kier molecular flexibility index (Phi) is 2.80. The van der Waals surface area contributed by atoms with Crippen molar-refractivity contribution in [3.63, 3.8) is 0 Å². The number of hydrogen-bond donors (Lipinski definition) is 1. The zero-order chi connectivity index (χ0) is 11.0. The van der Waals surface area contributed by atoms with E-state index in [0.29, 0.717) is 0 Å². The monoisotopic (exact) mass is 282 g/mol. The lowest BCUT2D eigenvalue weighted by atomic mass is 10.2. The zero-order valence-corrected chi connectivity index (χ0v) is 10.9. The molecule has 2 aromatic rings. The second kappa shape index (κ2) is 3.94. The van der Waals surface area contributed by atoms with Gasteiger partial charge in [-0.2, -0.15) is 0 Å². The number of imidazole rings is 1. The van der Waals surface area contributed by atoms with Crippen LogP contribution in [0.4, 0.5) is 0 Å². The van der Waals surface area contributed by atoms with Crippen molar-refractivity contribution in [1.82, 2.24) is 9.55 Å². The lowest BCUT2D eigenvalue weighted by Gasteiger charge is -2.07. The summed E-state index contributed by atoms with van der Waals surface area (Å²) in [6.07, 6.45) is 2.00. The van der Waals surface area contributed by atoms with Crippen molar-refractivity contribution in [2.24, 2.45) is 0 Å². The molecule has 0 aliphatic heterocycles. The number of aromatic nitrogens is 2. The Morgan fingerprint density at radius 3 is 2.67 bits per heavy atom. The minimum atomic E-state index is 0.721. The Hall–Kier alpha value is -0.870. The van der Waals surface area contributed by atoms with Crippen LogP contribution >= 0.6 is 28.1 Å². The first kappa shape index (κ1) is 10.6. The number of benzene rings is 1. The smallest absolute Gasteiger partial charge is 0.182 e. The quantitative estimate of drug-likeness (QED) is 0.787. The minimum Gasteiger partial charge on any atom is -0.335 e. The molecule has 15 heavy (non-hydrogen) atoms. The Morgan fingerprint density at radius 1 is 1.33 bits per heavy atom. The fourth-order valence-corrected chi connectivity index (χ4v) is 2.28. The summed E-state index contributed by atoms with van der Waals surface area (Å²) in [5.41, 5.74) is 3.34. The maximum absolute atomic E-state index is 5.24. The van der Waals surface area contributed by atoms with Crippen LogP contribution in [0.3, 0.4) is 0 Å². The number of aromatic amines is 1. The molecular weight excluding hydrogens is 272 g/mol. The highest BCUT2D eigenvalue weighted by Crippen LogP contribution is 2.25. The van der Waals surface area contributed by atoms with Crippen molar-refractivity contribution in [2.75, 3.05) is 0 Å². The molecule has 1 aromatic heterocycles. The van der Waals surface area contributed by atoms with E-state index in [0.717, 1.165) is 20.6 Å². The van der Waals surface area contributed by atoms with E-state index in [2.05, 4.69) is 33.9 Å². The maximum atomic E-state index is 5.24. The first-order chi connectivity index (χ1) is 7.09. The molecule has 0 radical (unpaired) electrons. The maximum Gasteiger partial charge on any atom is 0.182 e. The summed E-state index contributed by atoms with van der Waals surface area (Å²) in [5.74, 6) is 0. The molecule has 0 unspecified atom stereocenters. The SMILES string of the molecule is Cc1cn(-c2cccc(C)c2Br)c(=S)[nH]1. The Balaban J connectivity index is 2.69. The largest absolute Gasteiger partial charge is 0.335 e. The second-order valence-electron chi connectivity index (χ2n) is 3.52. The topological polar surface area (TPSA) is 20.7 Å². The summed E-state index contributed by atoms with van der Waals surface area (Å²) < 4.78 is 3.78. The van der Waals surface area contributed by atoms with Crippen LogP contribution in [0.5, 0.6) is 0 Å². The van der Waals surface area contributed by atoms with Gasteiger partial charge in [-0.25, -0.2) is 0 Å². The third-order valence-corrected chi connectivity index (χ3v) is 3.61. The minimum absolute atomic E-state index is 0.721. The highest BCUT2D eigenvalue weighted by atomic mass is 79.9. The Bertz CT molecular complexity index is 554. The van der Waals surface area contributed by atoms with Gasteiger partial charge in [0.15, 0.2) is 4.77 Å². The van der Waals surface area contributed by atoms with Gasteiger partial charge in [0.05, 0.1) is 5.69 Å². The molecule has 1 N–H and O–H groups in total. The third kappa shape index (κ3) is 1.92. The van der Waals surface area contributed by atoms with Gasteiger partial charge in [-0.05, 0) is 53.6 Å². The number of aryl methyl sites for hydroxylation is 2. The van der Waals surface area contributed by atoms with E-state index in [9.17, 15) is 0 Å². The fraction of sp³-hybridized carbons (Fsp3) is 0.182. The van der Waals surface area contributed by atoms with Crippen molar-refractivity contribution in [3.8, 4) is 5.69 Å². The van der Waals surface area contributed by atoms with E-state index in [1.807, 2.05) is 29.8 Å². The third-order valence-electron chi connectivity index (χ3n) is 2.28. The van der Waals surface area contributed by atoms with Crippen LogP contribution in [0, 0.1) is 18.6 Å². The standard InChI is InChI=1S/C11H11BrN2S/c1-7-4-3-5-9(10(7)12)14-6-8(2)13-11(14)15/h3-6H,1-2H3,(H,13,15). The van der Waals surface area contributed by atoms with Crippen LogP contribution in [-0.2, 0) is 0 Å². The lowest BCUT2D eigenvalue weighted by Crippen LogP contribution is -1.94.